The second-order valence-corrected chi connectivity index (χ2v) is 10.7. The Morgan fingerprint density at radius 2 is 1.40 bits per heavy atom. The van der Waals surface area contributed by atoms with Gasteiger partial charge in [0.1, 0.15) is 18.9 Å². The number of carboxylic acid groups (broad SMARTS) is 1. The SMILES string of the molecule is CC1=CN([C@H]2CN(C(c3ccccc3)(c3ccccc3)c3ccccc3)C[C@@H](COC(=O)CCC(=O)O)O2)C(=O)CC1=O. The number of hydrogen-bond acceptors (Lipinski definition) is 7. The molecule has 2 heterocycles. The first-order valence-electron chi connectivity index (χ1n) is 14.3. The first-order valence-corrected chi connectivity index (χ1v) is 14.3. The quantitative estimate of drug-likeness (QED) is 0.216. The van der Waals surface area contributed by atoms with Crippen molar-refractivity contribution in [2.75, 3.05) is 19.7 Å². The molecule has 0 bridgehead atoms. The highest BCUT2D eigenvalue weighted by molar-refractivity contribution is 6.09. The summed E-state index contributed by atoms with van der Waals surface area (Å²) >= 11 is 0. The van der Waals surface area contributed by atoms with E-state index in [-0.39, 0.29) is 44.1 Å². The lowest BCUT2D eigenvalue weighted by molar-refractivity contribution is -0.184. The second kappa shape index (κ2) is 13.1. The van der Waals surface area contributed by atoms with E-state index >= 15 is 0 Å². The predicted octanol–water partition coefficient (Wildman–Crippen LogP) is 4.12. The van der Waals surface area contributed by atoms with Crippen molar-refractivity contribution in [3.8, 4) is 0 Å². The van der Waals surface area contributed by atoms with Crippen molar-refractivity contribution in [1.82, 2.24) is 9.80 Å². The summed E-state index contributed by atoms with van der Waals surface area (Å²) in [4.78, 5) is 52.5. The number of carboxylic acids is 1. The lowest BCUT2D eigenvalue weighted by Crippen LogP contribution is -2.62. The molecule has 0 radical (unpaired) electrons. The Labute approximate surface area is 250 Å². The van der Waals surface area contributed by atoms with Crippen molar-refractivity contribution >= 4 is 23.6 Å². The first-order chi connectivity index (χ1) is 20.8. The maximum atomic E-state index is 13.2. The number of amides is 1. The average Bonchev–Trinajstić information content (AvgIpc) is 3.03. The van der Waals surface area contributed by atoms with Gasteiger partial charge < -0.3 is 14.6 Å². The minimum atomic E-state index is -1.09. The fraction of sp³-hybridized carbons (Fsp3) is 0.294. The standard InChI is InChI=1S/C34H34N2O7/c1-24-20-36(30(38)19-29(24)37)31-22-35(21-28(43-31)23-42-33(41)18-17-32(39)40)34(25-11-5-2-6-12-25,26-13-7-3-8-14-26)27-15-9-4-10-16-27/h2-16,20,28,31H,17-19,21-23H2,1H3,(H,39,40)/t28-,31+/m0/s1. The van der Waals surface area contributed by atoms with E-state index in [0.29, 0.717) is 12.1 Å². The number of aliphatic carboxylic acids is 1. The van der Waals surface area contributed by atoms with Crippen LogP contribution in [-0.4, -0.2) is 70.6 Å². The molecule has 1 saturated heterocycles. The first kappa shape index (κ1) is 29.9. The summed E-state index contributed by atoms with van der Waals surface area (Å²) in [5.74, 6) is -2.33. The highest BCUT2D eigenvalue weighted by atomic mass is 16.6. The Morgan fingerprint density at radius 3 is 1.91 bits per heavy atom. The zero-order valence-electron chi connectivity index (χ0n) is 23.9. The van der Waals surface area contributed by atoms with Crippen LogP contribution in [0.4, 0.5) is 0 Å². The number of esters is 1. The molecule has 5 rings (SSSR count). The van der Waals surface area contributed by atoms with Crippen LogP contribution in [0, 0.1) is 0 Å². The van der Waals surface area contributed by atoms with Gasteiger partial charge in [-0.25, -0.2) is 0 Å². The van der Waals surface area contributed by atoms with Gasteiger partial charge in [0.15, 0.2) is 5.78 Å². The number of rotatable bonds is 10. The van der Waals surface area contributed by atoms with E-state index in [1.54, 1.807) is 6.92 Å². The molecule has 3 aromatic carbocycles. The third kappa shape index (κ3) is 6.43. The molecule has 0 aromatic heterocycles. The third-order valence-corrected chi connectivity index (χ3v) is 7.85. The highest BCUT2D eigenvalue weighted by Gasteiger charge is 2.48. The minimum Gasteiger partial charge on any atom is -0.481 e. The Balaban J connectivity index is 1.61. The molecular weight excluding hydrogens is 548 g/mol. The zero-order valence-corrected chi connectivity index (χ0v) is 23.9. The Morgan fingerprint density at radius 1 is 0.860 bits per heavy atom. The molecule has 0 unspecified atom stereocenters. The lowest BCUT2D eigenvalue weighted by atomic mass is 9.75. The van der Waals surface area contributed by atoms with Crippen molar-refractivity contribution in [2.45, 2.75) is 44.1 Å². The van der Waals surface area contributed by atoms with Crippen LogP contribution in [0.5, 0.6) is 0 Å². The molecule has 3 aromatic rings. The van der Waals surface area contributed by atoms with Crippen LogP contribution in [0.2, 0.25) is 0 Å². The number of ketones is 1. The number of carbonyl (C=O) groups is 4. The van der Waals surface area contributed by atoms with Gasteiger partial charge >= 0.3 is 11.9 Å². The van der Waals surface area contributed by atoms with Gasteiger partial charge in [-0.2, -0.15) is 0 Å². The predicted molar refractivity (Wildman–Crippen MR) is 157 cm³/mol. The molecule has 222 valence electrons. The zero-order chi connectivity index (χ0) is 30.4. The number of carbonyl (C=O) groups excluding carboxylic acids is 3. The molecular formula is C34H34N2O7. The molecule has 43 heavy (non-hydrogen) atoms. The van der Waals surface area contributed by atoms with E-state index in [1.807, 2.05) is 54.6 Å². The van der Waals surface area contributed by atoms with Gasteiger partial charge in [-0.1, -0.05) is 91.0 Å². The molecule has 9 heteroatoms. The van der Waals surface area contributed by atoms with E-state index < -0.39 is 29.8 Å². The Bertz CT molecular complexity index is 1390. The number of Topliss-reactive ketones (excluding diaryl/α,β-unsaturated/α-hetero) is 1. The maximum absolute atomic E-state index is 13.2. The topological polar surface area (TPSA) is 113 Å². The average molecular weight is 583 g/mol. The minimum absolute atomic E-state index is 0.135. The fourth-order valence-electron chi connectivity index (χ4n) is 5.85. The molecule has 1 N–H and O–H groups in total. The van der Waals surface area contributed by atoms with Crippen LogP contribution in [0.25, 0.3) is 0 Å². The van der Waals surface area contributed by atoms with Crippen molar-refractivity contribution in [3.05, 3.63) is 119 Å². The van der Waals surface area contributed by atoms with Gasteiger partial charge in [0, 0.05) is 24.9 Å². The second-order valence-electron chi connectivity index (χ2n) is 10.7. The summed E-state index contributed by atoms with van der Waals surface area (Å²) in [5.41, 5.74) is 2.62. The summed E-state index contributed by atoms with van der Waals surface area (Å²) in [7, 11) is 0. The van der Waals surface area contributed by atoms with Gasteiger partial charge in [0.25, 0.3) is 0 Å². The van der Waals surface area contributed by atoms with Gasteiger partial charge in [-0.3, -0.25) is 29.0 Å². The number of morpholine rings is 1. The summed E-state index contributed by atoms with van der Waals surface area (Å²) in [6.45, 7) is 2.15. The van der Waals surface area contributed by atoms with E-state index in [4.69, 9.17) is 14.6 Å². The number of benzene rings is 3. The van der Waals surface area contributed by atoms with Gasteiger partial charge in [0.05, 0.1) is 24.8 Å². The molecule has 0 spiro atoms. The molecule has 1 fully saturated rings. The number of ether oxygens (including phenoxy) is 2. The fourth-order valence-corrected chi connectivity index (χ4v) is 5.85. The largest absolute Gasteiger partial charge is 0.481 e. The van der Waals surface area contributed by atoms with E-state index in [2.05, 4.69) is 41.3 Å². The van der Waals surface area contributed by atoms with Gasteiger partial charge in [-0.05, 0) is 23.6 Å². The summed E-state index contributed by atoms with van der Waals surface area (Å²) in [5, 5.41) is 8.97. The molecule has 1 amide bonds. The monoisotopic (exact) mass is 582 g/mol. The van der Waals surface area contributed by atoms with Crippen LogP contribution >= 0.6 is 0 Å². The van der Waals surface area contributed by atoms with Crippen molar-refractivity contribution < 1.29 is 33.8 Å². The van der Waals surface area contributed by atoms with E-state index in [0.717, 1.165) is 16.7 Å². The number of allylic oxidation sites excluding steroid dienone is 1. The molecule has 0 aliphatic carbocycles. The molecule has 9 nitrogen and oxygen atoms in total. The van der Waals surface area contributed by atoms with Gasteiger partial charge in [0.2, 0.25) is 5.91 Å². The van der Waals surface area contributed by atoms with Gasteiger partial charge in [-0.15, -0.1) is 0 Å². The third-order valence-electron chi connectivity index (χ3n) is 7.85. The summed E-state index contributed by atoms with van der Waals surface area (Å²) in [6.07, 6.45) is -0.763. The number of hydrogen-bond donors (Lipinski definition) is 1. The number of nitrogens with zero attached hydrogens (tertiary/aromatic N) is 2. The van der Waals surface area contributed by atoms with Crippen LogP contribution in [0.1, 0.15) is 42.9 Å². The molecule has 2 atom stereocenters. The highest BCUT2D eigenvalue weighted by Crippen LogP contribution is 2.44. The Kier molecular flexibility index (Phi) is 9.13. The van der Waals surface area contributed by atoms with Crippen LogP contribution < -0.4 is 0 Å². The van der Waals surface area contributed by atoms with E-state index in [1.165, 1.54) is 11.1 Å². The van der Waals surface area contributed by atoms with Crippen LogP contribution in [0.3, 0.4) is 0 Å². The Hall–Kier alpha value is -4.60. The van der Waals surface area contributed by atoms with Crippen LogP contribution in [-0.2, 0) is 34.2 Å². The summed E-state index contributed by atoms with van der Waals surface area (Å²) in [6, 6.07) is 30.2. The summed E-state index contributed by atoms with van der Waals surface area (Å²) < 4.78 is 11.9. The van der Waals surface area contributed by atoms with E-state index in [9.17, 15) is 19.2 Å². The lowest BCUT2D eigenvalue weighted by Gasteiger charge is -2.51. The molecule has 2 aliphatic heterocycles. The molecule has 0 saturated carbocycles. The maximum Gasteiger partial charge on any atom is 0.306 e. The van der Waals surface area contributed by atoms with Crippen LogP contribution in [0.15, 0.2) is 103 Å². The van der Waals surface area contributed by atoms with Crippen molar-refractivity contribution in [1.29, 1.82) is 0 Å². The normalized spacial score (nSPS) is 19.6. The molecule has 2 aliphatic rings. The van der Waals surface area contributed by atoms with Crippen molar-refractivity contribution in [3.63, 3.8) is 0 Å². The van der Waals surface area contributed by atoms with Crippen molar-refractivity contribution in [2.24, 2.45) is 0 Å². The smallest absolute Gasteiger partial charge is 0.306 e.